The molecule has 0 fully saturated rings. The van der Waals surface area contributed by atoms with Gasteiger partial charge < -0.3 is 20.5 Å². The highest BCUT2D eigenvalue weighted by Crippen LogP contribution is 2.33. The number of aliphatic carboxylic acids is 1. The summed E-state index contributed by atoms with van der Waals surface area (Å²) in [5, 5.41) is 19.8. The number of allylic oxidation sites excluding steroid dienone is 1. The van der Waals surface area contributed by atoms with Gasteiger partial charge in [-0.1, -0.05) is 35.9 Å². The molecule has 1 aliphatic rings. The fourth-order valence-electron chi connectivity index (χ4n) is 3.18. The van der Waals surface area contributed by atoms with Crippen molar-refractivity contribution in [1.82, 2.24) is 9.78 Å². The molecule has 1 amide bonds. The van der Waals surface area contributed by atoms with Gasteiger partial charge >= 0.3 is 5.97 Å². The third kappa shape index (κ3) is 3.60. The Labute approximate surface area is 176 Å². The van der Waals surface area contributed by atoms with Gasteiger partial charge in [-0.25, -0.2) is 9.48 Å². The first kappa shape index (κ1) is 19.5. The molecule has 0 radical (unpaired) electrons. The molecule has 0 bridgehead atoms. The number of fused-ring (bicyclic) bond motifs is 1. The second-order valence-corrected chi connectivity index (χ2v) is 6.92. The number of nitrogens with one attached hydrogen (secondary N) is 2. The third-order valence-electron chi connectivity index (χ3n) is 4.69. The van der Waals surface area contributed by atoms with Crippen LogP contribution in [0.4, 0.5) is 11.5 Å². The number of halogens is 1. The molecule has 9 heteroatoms. The number of carboxylic acids is 1. The van der Waals surface area contributed by atoms with Crippen molar-refractivity contribution in [3.63, 3.8) is 0 Å². The Hall–Kier alpha value is -3.78. The number of hydrogen-bond donors (Lipinski definition) is 3. The lowest BCUT2D eigenvalue weighted by Crippen LogP contribution is -2.25. The molecule has 0 saturated heterocycles. The SMILES string of the molecule is COc1ccc([C@H]2C=C(C(=O)O)Nc3c(C(=O)Nc4ccccc4Cl)cnn32)cc1. The molecular weight excluding hydrogens is 408 g/mol. The van der Waals surface area contributed by atoms with Crippen molar-refractivity contribution in [2.24, 2.45) is 0 Å². The van der Waals surface area contributed by atoms with E-state index in [0.29, 0.717) is 16.5 Å². The quantitative estimate of drug-likeness (QED) is 0.575. The maximum Gasteiger partial charge on any atom is 0.352 e. The summed E-state index contributed by atoms with van der Waals surface area (Å²) in [6.45, 7) is 0. The molecule has 3 aromatic rings. The highest BCUT2D eigenvalue weighted by Gasteiger charge is 2.29. The molecule has 1 aliphatic heterocycles. The van der Waals surface area contributed by atoms with Gasteiger partial charge in [0.2, 0.25) is 0 Å². The number of aromatic nitrogens is 2. The highest BCUT2D eigenvalue weighted by atomic mass is 35.5. The lowest BCUT2D eigenvalue weighted by atomic mass is 10.0. The van der Waals surface area contributed by atoms with Crippen molar-refractivity contribution < 1.29 is 19.4 Å². The van der Waals surface area contributed by atoms with E-state index in [9.17, 15) is 14.7 Å². The molecule has 2 heterocycles. The molecule has 0 aliphatic carbocycles. The van der Waals surface area contributed by atoms with Crippen LogP contribution < -0.4 is 15.4 Å². The van der Waals surface area contributed by atoms with Crippen molar-refractivity contribution in [2.75, 3.05) is 17.7 Å². The van der Waals surface area contributed by atoms with Crippen LogP contribution in [0.15, 0.2) is 66.5 Å². The van der Waals surface area contributed by atoms with Crippen LogP contribution in [-0.4, -0.2) is 33.9 Å². The molecule has 2 aromatic carbocycles. The predicted octanol–water partition coefficient (Wildman–Crippen LogP) is 3.78. The van der Waals surface area contributed by atoms with Crippen molar-refractivity contribution in [3.05, 3.63) is 82.7 Å². The fourth-order valence-corrected chi connectivity index (χ4v) is 3.36. The average molecular weight is 425 g/mol. The Kier molecular flexibility index (Phi) is 5.16. The van der Waals surface area contributed by atoms with Gasteiger partial charge in [0.25, 0.3) is 5.91 Å². The van der Waals surface area contributed by atoms with Crippen molar-refractivity contribution >= 4 is 35.0 Å². The van der Waals surface area contributed by atoms with Gasteiger partial charge in [0.05, 0.1) is 30.1 Å². The zero-order valence-corrected chi connectivity index (χ0v) is 16.6. The number of anilines is 2. The minimum Gasteiger partial charge on any atom is -0.497 e. The number of rotatable bonds is 5. The number of carbonyl (C=O) groups excluding carboxylic acids is 1. The van der Waals surface area contributed by atoms with Crippen LogP contribution in [0.3, 0.4) is 0 Å². The monoisotopic (exact) mass is 424 g/mol. The Morgan fingerprint density at radius 1 is 1.20 bits per heavy atom. The number of carbonyl (C=O) groups is 2. The molecule has 152 valence electrons. The number of benzene rings is 2. The van der Waals surface area contributed by atoms with Gasteiger partial charge in [-0.3, -0.25) is 4.79 Å². The van der Waals surface area contributed by atoms with Gasteiger partial charge in [-0.15, -0.1) is 0 Å². The van der Waals surface area contributed by atoms with E-state index in [2.05, 4.69) is 15.7 Å². The summed E-state index contributed by atoms with van der Waals surface area (Å²) in [5.74, 6) is -0.647. The first-order chi connectivity index (χ1) is 14.5. The van der Waals surface area contributed by atoms with Crippen LogP contribution in [0, 0.1) is 0 Å². The standard InChI is InChI=1S/C21H17ClN4O4/c1-30-13-8-6-12(7-9-13)18-10-17(21(28)29)24-19-14(11-23-26(18)19)20(27)25-16-5-3-2-4-15(16)22/h2-11,18,24H,1H3,(H,25,27)(H,28,29)/t18-/m1/s1. The summed E-state index contributed by atoms with van der Waals surface area (Å²) in [6, 6.07) is 13.5. The molecule has 1 atom stereocenters. The zero-order valence-electron chi connectivity index (χ0n) is 15.8. The predicted molar refractivity (Wildman–Crippen MR) is 112 cm³/mol. The van der Waals surface area contributed by atoms with Crippen molar-refractivity contribution in [1.29, 1.82) is 0 Å². The minimum absolute atomic E-state index is 0.0457. The first-order valence-electron chi connectivity index (χ1n) is 8.97. The number of methoxy groups -OCH3 is 1. The van der Waals surface area contributed by atoms with Crippen LogP contribution in [0.25, 0.3) is 0 Å². The number of ether oxygens (including phenoxy) is 1. The molecule has 30 heavy (non-hydrogen) atoms. The Morgan fingerprint density at radius 3 is 2.60 bits per heavy atom. The van der Waals surface area contributed by atoms with E-state index in [0.717, 1.165) is 5.56 Å². The maximum absolute atomic E-state index is 12.9. The number of carboxylic acid groups (broad SMARTS) is 1. The molecule has 8 nitrogen and oxygen atoms in total. The van der Waals surface area contributed by atoms with Crippen molar-refractivity contribution in [2.45, 2.75) is 6.04 Å². The number of hydrogen-bond acceptors (Lipinski definition) is 5. The summed E-state index contributed by atoms with van der Waals surface area (Å²) in [4.78, 5) is 24.5. The minimum atomic E-state index is -1.14. The van der Waals surface area contributed by atoms with Gasteiger partial charge in [0.1, 0.15) is 22.8 Å². The number of amides is 1. The lowest BCUT2D eigenvalue weighted by Gasteiger charge is -2.24. The van der Waals surface area contributed by atoms with E-state index in [1.165, 1.54) is 6.20 Å². The summed E-state index contributed by atoms with van der Waals surface area (Å²) in [5.41, 5.74) is 1.38. The lowest BCUT2D eigenvalue weighted by molar-refractivity contribution is -0.132. The normalized spacial score (nSPS) is 14.9. The van der Waals surface area contributed by atoms with E-state index in [1.54, 1.807) is 54.3 Å². The van der Waals surface area contributed by atoms with Crippen molar-refractivity contribution in [3.8, 4) is 5.75 Å². The third-order valence-corrected chi connectivity index (χ3v) is 5.02. The van der Waals surface area contributed by atoms with Crippen LogP contribution in [-0.2, 0) is 4.79 Å². The second-order valence-electron chi connectivity index (χ2n) is 6.51. The molecule has 3 N–H and O–H groups in total. The Morgan fingerprint density at radius 2 is 1.93 bits per heavy atom. The van der Waals surface area contributed by atoms with Gasteiger partial charge in [-0.05, 0) is 35.9 Å². The smallest absolute Gasteiger partial charge is 0.352 e. The van der Waals surface area contributed by atoms with Gasteiger partial charge in [0.15, 0.2) is 0 Å². The Bertz CT molecular complexity index is 1150. The summed E-state index contributed by atoms with van der Waals surface area (Å²) < 4.78 is 6.74. The fraction of sp³-hybridized carbons (Fsp3) is 0.0952. The second kappa shape index (κ2) is 7.92. The van der Waals surface area contributed by atoms with Crippen LogP contribution in [0.2, 0.25) is 5.02 Å². The molecule has 1 aromatic heterocycles. The van der Waals surface area contributed by atoms with Crippen LogP contribution in [0.1, 0.15) is 22.0 Å². The zero-order chi connectivity index (χ0) is 21.3. The van der Waals surface area contributed by atoms with E-state index < -0.39 is 17.9 Å². The Balaban J connectivity index is 1.72. The molecule has 0 unspecified atom stereocenters. The van der Waals surface area contributed by atoms with E-state index in [4.69, 9.17) is 16.3 Å². The summed E-state index contributed by atoms with van der Waals surface area (Å²) in [6.07, 6.45) is 2.93. The highest BCUT2D eigenvalue weighted by molar-refractivity contribution is 6.34. The number of nitrogens with zero attached hydrogens (tertiary/aromatic N) is 2. The summed E-state index contributed by atoms with van der Waals surface area (Å²) in [7, 11) is 1.57. The van der Waals surface area contributed by atoms with Crippen LogP contribution >= 0.6 is 11.6 Å². The number of para-hydroxylation sites is 1. The largest absolute Gasteiger partial charge is 0.497 e. The summed E-state index contributed by atoms with van der Waals surface area (Å²) >= 11 is 6.12. The van der Waals surface area contributed by atoms with E-state index >= 15 is 0 Å². The van der Waals surface area contributed by atoms with Crippen LogP contribution in [0.5, 0.6) is 5.75 Å². The molecule has 0 spiro atoms. The van der Waals surface area contributed by atoms with E-state index in [1.807, 2.05) is 12.1 Å². The average Bonchev–Trinajstić information content (AvgIpc) is 3.19. The van der Waals surface area contributed by atoms with Gasteiger partial charge in [0, 0.05) is 0 Å². The molecular formula is C21H17ClN4O4. The van der Waals surface area contributed by atoms with E-state index in [-0.39, 0.29) is 17.1 Å². The molecule has 0 saturated carbocycles. The van der Waals surface area contributed by atoms with Gasteiger partial charge in [-0.2, -0.15) is 5.10 Å². The topological polar surface area (TPSA) is 105 Å². The molecule has 4 rings (SSSR count). The maximum atomic E-state index is 12.9. The first-order valence-corrected chi connectivity index (χ1v) is 9.35.